The van der Waals surface area contributed by atoms with Gasteiger partial charge < -0.3 is 9.67 Å². The van der Waals surface area contributed by atoms with Crippen LogP contribution in [0.4, 0.5) is 4.39 Å². The fourth-order valence-electron chi connectivity index (χ4n) is 1.86. The predicted molar refractivity (Wildman–Crippen MR) is 68.1 cm³/mol. The monoisotopic (exact) mass is 272 g/mol. The van der Waals surface area contributed by atoms with Crippen LogP contribution in [0.2, 0.25) is 0 Å². The second-order valence-corrected chi connectivity index (χ2v) is 4.11. The van der Waals surface area contributed by atoms with Crippen molar-refractivity contribution in [2.75, 3.05) is 0 Å². The van der Waals surface area contributed by atoms with Gasteiger partial charge in [-0.2, -0.15) is 5.10 Å². The molecule has 0 aliphatic carbocycles. The minimum absolute atomic E-state index is 0.0425. The lowest BCUT2D eigenvalue weighted by Crippen LogP contribution is -1.95. The molecule has 100 valence electrons. The molecule has 7 heteroatoms. The zero-order valence-corrected chi connectivity index (χ0v) is 10.1. The number of hydrogen-bond donors (Lipinski definition) is 2. The van der Waals surface area contributed by atoms with Crippen molar-refractivity contribution in [1.29, 1.82) is 0 Å². The highest BCUT2D eigenvalue weighted by molar-refractivity contribution is 5.86. The summed E-state index contributed by atoms with van der Waals surface area (Å²) in [5.74, 6) is -1.56. The maximum Gasteiger partial charge on any atom is 0.353 e. The van der Waals surface area contributed by atoms with Crippen molar-refractivity contribution in [3.05, 3.63) is 54.5 Å². The highest BCUT2D eigenvalue weighted by atomic mass is 19.1. The molecule has 0 bridgehead atoms. The van der Waals surface area contributed by atoms with Gasteiger partial charge in [0.05, 0.1) is 17.7 Å². The van der Waals surface area contributed by atoms with Gasteiger partial charge in [0, 0.05) is 18.0 Å². The number of aromatic carboxylic acids is 1. The standard InChI is InChI=1S/C13H9FN4O2/c14-9-5-8(10-6-11(13(19)20)17-16-10)1-2-12(9)18-4-3-15-7-18/h1-7H,(H,16,17)(H,19,20). The van der Waals surface area contributed by atoms with Crippen molar-refractivity contribution in [3.63, 3.8) is 0 Å². The van der Waals surface area contributed by atoms with Gasteiger partial charge in [-0.3, -0.25) is 5.10 Å². The molecule has 0 radical (unpaired) electrons. The van der Waals surface area contributed by atoms with Crippen LogP contribution in [-0.4, -0.2) is 30.8 Å². The number of carbonyl (C=O) groups is 1. The third-order valence-electron chi connectivity index (χ3n) is 2.83. The average molecular weight is 272 g/mol. The number of halogens is 1. The number of H-pyrrole nitrogens is 1. The van der Waals surface area contributed by atoms with E-state index in [2.05, 4.69) is 15.2 Å². The van der Waals surface area contributed by atoms with Gasteiger partial charge in [-0.15, -0.1) is 0 Å². The van der Waals surface area contributed by atoms with Crippen LogP contribution in [0.1, 0.15) is 10.5 Å². The summed E-state index contributed by atoms with van der Waals surface area (Å²) in [5.41, 5.74) is 1.19. The first-order valence-electron chi connectivity index (χ1n) is 5.72. The molecular weight excluding hydrogens is 263 g/mol. The van der Waals surface area contributed by atoms with E-state index in [-0.39, 0.29) is 5.69 Å². The zero-order chi connectivity index (χ0) is 14.1. The zero-order valence-electron chi connectivity index (χ0n) is 10.1. The van der Waals surface area contributed by atoms with E-state index in [0.29, 0.717) is 16.9 Å². The van der Waals surface area contributed by atoms with Crippen molar-refractivity contribution in [2.45, 2.75) is 0 Å². The van der Waals surface area contributed by atoms with Crippen molar-refractivity contribution in [2.24, 2.45) is 0 Å². The number of nitrogens with zero attached hydrogens (tertiary/aromatic N) is 3. The molecule has 0 aliphatic rings. The molecule has 6 nitrogen and oxygen atoms in total. The van der Waals surface area contributed by atoms with Crippen LogP contribution >= 0.6 is 0 Å². The molecule has 0 unspecified atom stereocenters. The van der Waals surface area contributed by atoms with Crippen LogP contribution in [0.25, 0.3) is 16.9 Å². The Morgan fingerprint density at radius 1 is 1.35 bits per heavy atom. The quantitative estimate of drug-likeness (QED) is 0.764. The predicted octanol–water partition coefficient (Wildman–Crippen LogP) is 2.10. The Morgan fingerprint density at radius 3 is 2.80 bits per heavy atom. The summed E-state index contributed by atoms with van der Waals surface area (Å²) in [4.78, 5) is 14.6. The van der Waals surface area contributed by atoms with E-state index in [1.165, 1.54) is 18.5 Å². The molecule has 0 spiro atoms. The number of imidazole rings is 1. The molecule has 0 fully saturated rings. The Bertz CT molecular complexity index is 765. The largest absolute Gasteiger partial charge is 0.477 e. The highest BCUT2D eigenvalue weighted by Crippen LogP contribution is 2.22. The molecule has 0 saturated heterocycles. The van der Waals surface area contributed by atoms with Crippen LogP contribution in [0.5, 0.6) is 0 Å². The van der Waals surface area contributed by atoms with E-state index >= 15 is 0 Å². The highest BCUT2D eigenvalue weighted by Gasteiger charge is 2.11. The van der Waals surface area contributed by atoms with Crippen LogP contribution in [-0.2, 0) is 0 Å². The summed E-state index contributed by atoms with van der Waals surface area (Å²) in [7, 11) is 0. The van der Waals surface area contributed by atoms with E-state index in [9.17, 15) is 9.18 Å². The van der Waals surface area contributed by atoms with Gasteiger partial charge in [0.15, 0.2) is 0 Å². The molecular formula is C13H9FN4O2. The first kappa shape index (κ1) is 12.1. The number of hydrogen-bond acceptors (Lipinski definition) is 3. The Balaban J connectivity index is 1.99. The minimum Gasteiger partial charge on any atom is -0.477 e. The normalized spacial score (nSPS) is 10.7. The second-order valence-electron chi connectivity index (χ2n) is 4.11. The lowest BCUT2D eigenvalue weighted by atomic mass is 10.1. The van der Waals surface area contributed by atoms with Gasteiger partial charge in [-0.05, 0) is 18.2 Å². The van der Waals surface area contributed by atoms with E-state index in [1.54, 1.807) is 29.1 Å². The van der Waals surface area contributed by atoms with E-state index in [0.717, 1.165) is 0 Å². The molecule has 1 aromatic carbocycles. The number of aromatic amines is 1. The Morgan fingerprint density at radius 2 is 2.20 bits per heavy atom. The first-order valence-corrected chi connectivity index (χ1v) is 5.72. The Kier molecular flexibility index (Phi) is 2.79. The number of aromatic nitrogens is 4. The summed E-state index contributed by atoms with van der Waals surface area (Å²) >= 11 is 0. The Labute approximate surface area is 112 Å². The second kappa shape index (κ2) is 4.61. The summed E-state index contributed by atoms with van der Waals surface area (Å²) in [6, 6.07) is 5.91. The molecule has 20 heavy (non-hydrogen) atoms. The van der Waals surface area contributed by atoms with Gasteiger partial charge in [-0.25, -0.2) is 14.2 Å². The fourth-order valence-corrected chi connectivity index (χ4v) is 1.86. The fraction of sp³-hybridized carbons (Fsp3) is 0. The van der Waals surface area contributed by atoms with Gasteiger partial charge in [-0.1, -0.05) is 6.07 Å². The van der Waals surface area contributed by atoms with E-state index in [4.69, 9.17) is 5.11 Å². The number of nitrogens with one attached hydrogen (secondary N) is 1. The van der Waals surface area contributed by atoms with E-state index in [1.807, 2.05) is 0 Å². The molecule has 2 N–H and O–H groups in total. The summed E-state index contributed by atoms with van der Waals surface area (Å²) < 4.78 is 15.6. The van der Waals surface area contributed by atoms with Crippen LogP contribution in [0.3, 0.4) is 0 Å². The van der Waals surface area contributed by atoms with E-state index < -0.39 is 11.8 Å². The number of rotatable bonds is 3. The molecule has 0 amide bonds. The number of benzene rings is 1. The molecule has 0 saturated carbocycles. The molecule has 0 aliphatic heterocycles. The molecule has 3 rings (SSSR count). The third kappa shape index (κ3) is 2.05. The number of carboxylic acid groups (broad SMARTS) is 1. The average Bonchev–Trinajstić information content (AvgIpc) is 3.10. The topological polar surface area (TPSA) is 83.8 Å². The van der Waals surface area contributed by atoms with Crippen molar-refractivity contribution in [1.82, 2.24) is 19.7 Å². The van der Waals surface area contributed by atoms with Crippen LogP contribution in [0, 0.1) is 5.82 Å². The molecule has 3 aromatic rings. The summed E-state index contributed by atoms with van der Waals surface area (Å²) in [6.07, 6.45) is 4.69. The summed E-state index contributed by atoms with van der Waals surface area (Å²) in [5, 5.41) is 15.0. The van der Waals surface area contributed by atoms with Gasteiger partial charge in [0.2, 0.25) is 0 Å². The van der Waals surface area contributed by atoms with Crippen molar-refractivity contribution in [3.8, 4) is 16.9 Å². The lowest BCUT2D eigenvalue weighted by Gasteiger charge is -2.05. The molecule has 2 aromatic heterocycles. The maximum absolute atomic E-state index is 14.1. The Hall–Kier alpha value is -2.96. The summed E-state index contributed by atoms with van der Waals surface area (Å²) in [6.45, 7) is 0. The van der Waals surface area contributed by atoms with Gasteiger partial charge in [0.25, 0.3) is 0 Å². The lowest BCUT2D eigenvalue weighted by molar-refractivity contribution is 0.0690. The number of carboxylic acids is 1. The SMILES string of the molecule is O=C(O)c1cc(-c2ccc(-n3ccnc3)c(F)c2)n[nH]1. The van der Waals surface area contributed by atoms with Gasteiger partial charge in [0.1, 0.15) is 11.5 Å². The first-order chi connectivity index (χ1) is 9.65. The van der Waals surface area contributed by atoms with Gasteiger partial charge >= 0.3 is 5.97 Å². The van der Waals surface area contributed by atoms with Crippen molar-refractivity contribution < 1.29 is 14.3 Å². The third-order valence-corrected chi connectivity index (χ3v) is 2.83. The smallest absolute Gasteiger partial charge is 0.353 e. The maximum atomic E-state index is 14.1. The van der Waals surface area contributed by atoms with Crippen LogP contribution in [0.15, 0.2) is 43.0 Å². The molecule has 2 heterocycles. The molecule has 0 atom stereocenters. The minimum atomic E-state index is -1.11. The van der Waals surface area contributed by atoms with Crippen LogP contribution < -0.4 is 0 Å². The van der Waals surface area contributed by atoms with Crippen molar-refractivity contribution >= 4 is 5.97 Å².